The molecule has 5 aromatic rings. The molecule has 4 nitrogen and oxygen atoms in total. The van der Waals surface area contributed by atoms with Crippen molar-refractivity contribution in [2.75, 3.05) is 0 Å². The topological polar surface area (TPSA) is 43.6 Å². The highest BCUT2D eigenvalue weighted by Gasteiger charge is 2.34. The summed E-state index contributed by atoms with van der Waals surface area (Å²) in [6.45, 7) is 3.94. The number of aryl methyl sites for hydroxylation is 2. The maximum absolute atomic E-state index is 13.8. The molecule has 5 rings (SSSR count). The lowest BCUT2D eigenvalue weighted by molar-refractivity contribution is -0.141. The highest BCUT2D eigenvalue weighted by atomic mass is 32.1. The zero-order valence-corrected chi connectivity index (χ0v) is 19.2. The van der Waals surface area contributed by atoms with Crippen LogP contribution in [0.1, 0.15) is 16.8 Å². The van der Waals surface area contributed by atoms with Crippen LogP contribution in [0, 0.1) is 13.8 Å². The predicted molar refractivity (Wildman–Crippen MR) is 128 cm³/mol. The summed E-state index contributed by atoms with van der Waals surface area (Å²) in [6.07, 6.45) is -4.63. The first-order valence-corrected chi connectivity index (χ1v) is 11.4. The minimum Gasteiger partial charge on any atom is -0.210 e. The van der Waals surface area contributed by atoms with E-state index in [1.54, 1.807) is 17.5 Å². The monoisotopic (exact) mass is 476 g/mol. The molecule has 0 radical (unpaired) electrons. The fourth-order valence-corrected chi connectivity index (χ4v) is 4.40. The second kappa shape index (κ2) is 8.53. The van der Waals surface area contributed by atoms with E-state index in [9.17, 15) is 13.2 Å². The molecule has 0 unspecified atom stereocenters. The number of hydrogen-bond donors (Lipinski definition) is 0. The van der Waals surface area contributed by atoms with Crippen molar-refractivity contribution in [1.29, 1.82) is 0 Å². The molecule has 0 saturated carbocycles. The Labute approximate surface area is 198 Å². The van der Waals surface area contributed by atoms with E-state index in [1.807, 2.05) is 68.4 Å². The molecule has 0 spiro atoms. The maximum Gasteiger partial charge on any atom is 0.433 e. The second-order valence-corrected chi connectivity index (χ2v) is 8.93. The highest BCUT2D eigenvalue weighted by Crippen LogP contribution is 2.34. The van der Waals surface area contributed by atoms with Crippen LogP contribution in [-0.2, 0) is 6.18 Å². The molecule has 170 valence electrons. The third-order valence-electron chi connectivity index (χ3n) is 5.30. The van der Waals surface area contributed by atoms with Gasteiger partial charge < -0.3 is 0 Å². The molecule has 0 amide bonds. The normalized spacial score (nSPS) is 11.7. The molecular formula is C26H19F3N4S. The molecule has 3 aromatic heterocycles. The number of aromatic nitrogens is 4. The number of benzene rings is 2. The summed E-state index contributed by atoms with van der Waals surface area (Å²) >= 11 is 1.32. The first-order chi connectivity index (χ1) is 16.3. The fourth-order valence-electron chi connectivity index (χ4n) is 3.71. The third kappa shape index (κ3) is 4.36. The fraction of sp³-hybridized carbons (Fsp3) is 0.115. The Morgan fingerprint density at radius 1 is 0.765 bits per heavy atom. The summed E-state index contributed by atoms with van der Waals surface area (Å²) in [6, 6.07) is 21.9. The summed E-state index contributed by atoms with van der Waals surface area (Å²) in [7, 11) is 0. The Morgan fingerprint density at radius 3 is 2.12 bits per heavy atom. The van der Waals surface area contributed by atoms with E-state index in [0.717, 1.165) is 28.3 Å². The molecule has 3 heterocycles. The van der Waals surface area contributed by atoms with E-state index in [2.05, 4.69) is 15.1 Å². The minimum atomic E-state index is -4.63. The average molecular weight is 477 g/mol. The van der Waals surface area contributed by atoms with E-state index in [1.165, 1.54) is 16.0 Å². The maximum atomic E-state index is 13.8. The van der Waals surface area contributed by atoms with E-state index >= 15 is 0 Å². The molecule has 8 heteroatoms. The van der Waals surface area contributed by atoms with Gasteiger partial charge in [0, 0.05) is 11.1 Å². The molecule has 0 N–H and O–H groups in total. The molecule has 2 aromatic carbocycles. The number of thiophene rings is 1. The van der Waals surface area contributed by atoms with E-state index in [0.29, 0.717) is 16.3 Å². The molecule has 0 aliphatic rings. The van der Waals surface area contributed by atoms with Gasteiger partial charge in [-0.25, -0.2) is 9.97 Å². The summed E-state index contributed by atoms with van der Waals surface area (Å²) in [4.78, 5) is 9.00. The van der Waals surface area contributed by atoms with Crippen LogP contribution in [0.5, 0.6) is 0 Å². The number of nitrogens with zero attached hydrogens (tertiary/aromatic N) is 4. The lowest BCUT2D eigenvalue weighted by Crippen LogP contribution is -2.14. The molecule has 0 aliphatic carbocycles. The van der Waals surface area contributed by atoms with Gasteiger partial charge in [0.1, 0.15) is 0 Å². The minimum absolute atomic E-state index is 0.131. The predicted octanol–water partition coefficient (Wildman–Crippen LogP) is 7.36. The smallest absolute Gasteiger partial charge is 0.210 e. The van der Waals surface area contributed by atoms with Crippen LogP contribution >= 0.6 is 11.3 Å². The van der Waals surface area contributed by atoms with Crippen LogP contribution in [0.3, 0.4) is 0 Å². The van der Waals surface area contributed by atoms with Crippen LogP contribution in [0.15, 0.2) is 78.2 Å². The summed E-state index contributed by atoms with van der Waals surface area (Å²) in [5, 5.41) is 6.47. The number of alkyl halides is 3. The molecule has 0 atom stereocenters. The SMILES string of the molecule is Cc1cccc(-c2cc(-c3cccc(C)c3)n(-c3nc(-c4cccs4)cc(C(F)(F)F)n3)n2)c1. The lowest BCUT2D eigenvalue weighted by atomic mass is 10.1. The molecule has 0 bridgehead atoms. The molecule has 0 fully saturated rings. The molecule has 0 aliphatic heterocycles. The van der Waals surface area contributed by atoms with E-state index in [4.69, 9.17) is 0 Å². The first kappa shape index (κ1) is 22.0. The zero-order valence-electron chi connectivity index (χ0n) is 18.3. The van der Waals surface area contributed by atoms with Crippen molar-refractivity contribution in [2.45, 2.75) is 20.0 Å². The largest absolute Gasteiger partial charge is 0.433 e. The Hall–Kier alpha value is -3.78. The van der Waals surface area contributed by atoms with Crippen LogP contribution in [0.4, 0.5) is 13.2 Å². The first-order valence-electron chi connectivity index (χ1n) is 10.5. The average Bonchev–Trinajstić information content (AvgIpc) is 3.49. The van der Waals surface area contributed by atoms with Crippen molar-refractivity contribution >= 4 is 11.3 Å². The quantitative estimate of drug-likeness (QED) is 0.272. The number of rotatable bonds is 4. The second-order valence-electron chi connectivity index (χ2n) is 7.98. The van der Waals surface area contributed by atoms with E-state index < -0.39 is 11.9 Å². The van der Waals surface area contributed by atoms with Gasteiger partial charge >= 0.3 is 6.18 Å². The third-order valence-corrected chi connectivity index (χ3v) is 6.20. The van der Waals surface area contributed by atoms with Crippen molar-refractivity contribution in [3.63, 3.8) is 0 Å². The van der Waals surface area contributed by atoms with Gasteiger partial charge in [0.2, 0.25) is 0 Å². The summed E-state index contributed by atoms with van der Waals surface area (Å²) in [5.41, 5.74) is 4.17. The van der Waals surface area contributed by atoms with Crippen molar-refractivity contribution in [3.05, 3.63) is 95.0 Å². The van der Waals surface area contributed by atoms with E-state index in [-0.39, 0.29) is 11.6 Å². The van der Waals surface area contributed by atoms with Crippen molar-refractivity contribution in [3.8, 4) is 39.0 Å². The summed E-state index contributed by atoms with van der Waals surface area (Å²) in [5.74, 6) is -0.131. The van der Waals surface area contributed by atoms with Crippen LogP contribution in [-0.4, -0.2) is 19.7 Å². The highest BCUT2D eigenvalue weighted by molar-refractivity contribution is 7.13. The Kier molecular flexibility index (Phi) is 5.53. The zero-order chi connectivity index (χ0) is 23.9. The van der Waals surface area contributed by atoms with Crippen LogP contribution in [0.25, 0.3) is 39.0 Å². The van der Waals surface area contributed by atoms with Gasteiger partial charge in [-0.1, -0.05) is 53.6 Å². The summed E-state index contributed by atoms with van der Waals surface area (Å²) < 4.78 is 42.7. The van der Waals surface area contributed by atoms with Crippen LogP contribution in [0.2, 0.25) is 0 Å². The van der Waals surface area contributed by atoms with Gasteiger partial charge in [0.25, 0.3) is 5.95 Å². The van der Waals surface area contributed by atoms with Gasteiger partial charge in [-0.3, -0.25) is 0 Å². The number of hydrogen-bond acceptors (Lipinski definition) is 4. The van der Waals surface area contributed by atoms with Gasteiger partial charge in [-0.15, -0.1) is 11.3 Å². The Morgan fingerprint density at radius 2 is 1.47 bits per heavy atom. The Balaban J connectivity index is 1.76. The van der Waals surface area contributed by atoms with Gasteiger partial charge in [-0.05, 0) is 49.6 Å². The van der Waals surface area contributed by atoms with Gasteiger partial charge in [0.15, 0.2) is 5.69 Å². The Bertz CT molecular complexity index is 1470. The van der Waals surface area contributed by atoms with Crippen molar-refractivity contribution in [1.82, 2.24) is 19.7 Å². The van der Waals surface area contributed by atoms with Gasteiger partial charge in [0.05, 0.1) is 22.0 Å². The van der Waals surface area contributed by atoms with Crippen molar-refractivity contribution in [2.24, 2.45) is 0 Å². The van der Waals surface area contributed by atoms with Gasteiger partial charge in [-0.2, -0.15) is 23.0 Å². The lowest BCUT2D eigenvalue weighted by Gasteiger charge is -2.12. The molecule has 34 heavy (non-hydrogen) atoms. The molecule has 0 saturated heterocycles. The van der Waals surface area contributed by atoms with Crippen molar-refractivity contribution < 1.29 is 13.2 Å². The molecular weight excluding hydrogens is 457 g/mol. The standard InChI is InChI=1S/C26H19F3N4S/c1-16-6-3-8-18(12-16)20-14-22(19-9-4-7-17(2)13-19)33(32-20)25-30-21(23-10-5-11-34-23)15-24(31-25)26(27,28)29/h3-15H,1-2H3. The number of halogens is 3. The van der Waals surface area contributed by atoms with Crippen LogP contribution < -0.4 is 0 Å².